The highest BCUT2D eigenvalue weighted by Crippen LogP contribution is 2.52. The maximum atomic E-state index is 3.94. The second-order valence-corrected chi connectivity index (χ2v) is 16.1. The van der Waals surface area contributed by atoms with Crippen molar-refractivity contribution < 1.29 is 0 Å². The van der Waals surface area contributed by atoms with Gasteiger partial charge < -0.3 is 15.1 Å². The Kier molecular flexibility index (Phi) is 8.70. The van der Waals surface area contributed by atoms with Crippen molar-refractivity contribution in [2.75, 3.05) is 15.1 Å². The van der Waals surface area contributed by atoms with Crippen LogP contribution in [0.3, 0.4) is 0 Å². The third-order valence-corrected chi connectivity index (χ3v) is 13.0. The van der Waals surface area contributed by atoms with E-state index >= 15 is 0 Å². The summed E-state index contributed by atoms with van der Waals surface area (Å²) in [5.41, 5.74) is 15.2. The lowest BCUT2D eigenvalue weighted by atomic mass is 9.58. The zero-order valence-corrected chi connectivity index (χ0v) is 31.9. The van der Waals surface area contributed by atoms with E-state index in [2.05, 4.69) is 210 Å². The molecule has 0 radical (unpaired) electrons. The Morgan fingerprint density at radius 3 is 1.75 bits per heavy atom. The van der Waals surface area contributed by atoms with Crippen molar-refractivity contribution in [3.05, 3.63) is 194 Å². The van der Waals surface area contributed by atoms with Gasteiger partial charge in [-0.15, -0.1) is 0 Å². The van der Waals surface area contributed by atoms with Crippen molar-refractivity contribution in [1.82, 2.24) is 0 Å². The summed E-state index contributed by atoms with van der Waals surface area (Å²) in [5, 5.41) is 3.94. The summed E-state index contributed by atoms with van der Waals surface area (Å²) in [6.45, 7) is 2.18. The maximum absolute atomic E-state index is 3.94. The van der Waals surface area contributed by atoms with Crippen LogP contribution in [0, 0.1) is 6.92 Å². The molecule has 0 atom stereocenters. The predicted octanol–water partition coefficient (Wildman–Crippen LogP) is 12.7. The molecule has 6 heteroatoms. The fourth-order valence-corrected chi connectivity index (χ4v) is 10.1. The molecule has 8 aromatic rings. The van der Waals surface area contributed by atoms with Gasteiger partial charge >= 0.3 is 0 Å². The molecule has 2 aliphatic heterocycles. The molecule has 0 unspecified atom stereocenters. The van der Waals surface area contributed by atoms with Crippen LogP contribution >= 0.6 is 23.5 Å². The van der Waals surface area contributed by atoms with Crippen LogP contribution in [0.1, 0.15) is 5.56 Å². The van der Waals surface area contributed by atoms with Crippen LogP contribution in [0.15, 0.2) is 208 Å². The summed E-state index contributed by atoms with van der Waals surface area (Å²) in [6.07, 6.45) is 0. The number of benzene rings is 8. The SMILES string of the molecule is Cc1ccccc1Nc1cc2c(cc1-c1cc(N(c3ccccc3)c3ccccc3)cc3c1Bc1ccccc1N3c1ccccc1)Sc1ccccc1S2. The minimum atomic E-state index is 0.812. The lowest BCUT2D eigenvalue weighted by Gasteiger charge is -2.37. The summed E-state index contributed by atoms with van der Waals surface area (Å²) in [6, 6.07) is 68.1. The molecule has 0 saturated carbocycles. The Morgan fingerprint density at radius 1 is 0.473 bits per heavy atom. The first-order valence-electron chi connectivity index (χ1n) is 18.6. The number of nitrogens with one attached hydrogen (secondary N) is 1. The molecule has 10 rings (SSSR count). The number of fused-ring (bicyclic) bond motifs is 4. The van der Waals surface area contributed by atoms with Crippen LogP contribution in [0.25, 0.3) is 11.1 Å². The van der Waals surface area contributed by atoms with Crippen LogP contribution in [-0.2, 0) is 0 Å². The highest BCUT2D eigenvalue weighted by Gasteiger charge is 2.31. The zero-order valence-electron chi connectivity index (χ0n) is 30.3. The summed E-state index contributed by atoms with van der Waals surface area (Å²) < 4.78 is 0. The van der Waals surface area contributed by atoms with Crippen LogP contribution in [0.2, 0.25) is 0 Å². The molecular weight excluding hydrogens is 706 g/mol. The van der Waals surface area contributed by atoms with E-state index in [4.69, 9.17) is 0 Å². The molecule has 0 bridgehead atoms. The third kappa shape index (κ3) is 6.27. The molecule has 262 valence electrons. The molecule has 0 aromatic heterocycles. The maximum Gasteiger partial charge on any atom is 0.198 e. The summed E-state index contributed by atoms with van der Waals surface area (Å²) in [4.78, 5) is 9.98. The minimum Gasteiger partial charge on any atom is -0.355 e. The fourth-order valence-electron chi connectivity index (χ4n) is 7.81. The number of anilines is 8. The number of nitrogens with zero attached hydrogens (tertiary/aromatic N) is 2. The monoisotopic (exact) mass is 741 g/mol. The molecule has 2 heterocycles. The third-order valence-electron chi connectivity index (χ3n) is 10.4. The van der Waals surface area contributed by atoms with Gasteiger partial charge in [-0.2, -0.15) is 0 Å². The first-order chi connectivity index (χ1) is 27.2. The van der Waals surface area contributed by atoms with Gasteiger partial charge in [0.05, 0.1) is 0 Å². The van der Waals surface area contributed by atoms with Crippen molar-refractivity contribution in [1.29, 1.82) is 0 Å². The van der Waals surface area contributed by atoms with E-state index < -0.39 is 0 Å². The number of hydrogen-bond acceptors (Lipinski definition) is 5. The van der Waals surface area contributed by atoms with Gasteiger partial charge in [0.2, 0.25) is 0 Å². The lowest BCUT2D eigenvalue weighted by Crippen LogP contribution is -2.41. The standard InChI is InChI=1S/C49H36BN3S2/c1-33-17-11-13-25-41(33)51-42-32-48-47(54-45-27-15-16-28-46(45)55-48)31-38(42)39-29-37(52(34-18-5-2-6-19-34)35-20-7-3-8-21-35)30-44-49(39)50-40-24-12-14-26-43(40)53(44)36-22-9-4-10-23-36/h2-32,50-51H,1H3. The van der Waals surface area contributed by atoms with Gasteiger partial charge in [-0.1, -0.05) is 132 Å². The number of rotatable bonds is 7. The smallest absolute Gasteiger partial charge is 0.198 e. The highest BCUT2D eigenvalue weighted by atomic mass is 32.2. The van der Waals surface area contributed by atoms with E-state index in [0.717, 1.165) is 41.4 Å². The lowest BCUT2D eigenvalue weighted by molar-refractivity contribution is 1.16. The average Bonchev–Trinajstić information content (AvgIpc) is 3.24. The Balaban J connectivity index is 1.27. The molecule has 1 N–H and O–H groups in total. The number of para-hydroxylation sites is 5. The minimum absolute atomic E-state index is 0.812. The van der Waals surface area contributed by atoms with E-state index in [1.807, 2.05) is 23.5 Å². The molecule has 2 aliphatic rings. The van der Waals surface area contributed by atoms with Gasteiger partial charge in [0.15, 0.2) is 7.28 Å². The van der Waals surface area contributed by atoms with Crippen LogP contribution < -0.4 is 26.0 Å². The van der Waals surface area contributed by atoms with Gasteiger partial charge in [-0.3, -0.25) is 0 Å². The summed E-state index contributed by atoms with van der Waals surface area (Å²) in [5.74, 6) is 0. The largest absolute Gasteiger partial charge is 0.355 e. The molecule has 0 fully saturated rings. The molecular formula is C49H36BN3S2. The zero-order chi connectivity index (χ0) is 36.7. The Bertz CT molecular complexity index is 2650. The Morgan fingerprint density at radius 2 is 1.05 bits per heavy atom. The second-order valence-electron chi connectivity index (χ2n) is 13.9. The van der Waals surface area contributed by atoms with Gasteiger partial charge in [-0.05, 0) is 108 Å². The molecule has 0 amide bonds. The average molecular weight is 742 g/mol. The first-order valence-corrected chi connectivity index (χ1v) is 20.3. The van der Waals surface area contributed by atoms with E-state index in [1.165, 1.54) is 58.6 Å². The predicted molar refractivity (Wildman–Crippen MR) is 237 cm³/mol. The molecule has 3 nitrogen and oxygen atoms in total. The van der Waals surface area contributed by atoms with E-state index in [0.29, 0.717) is 0 Å². The van der Waals surface area contributed by atoms with E-state index in [-0.39, 0.29) is 0 Å². The van der Waals surface area contributed by atoms with Crippen molar-refractivity contribution in [2.24, 2.45) is 0 Å². The van der Waals surface area contributed by atoms with Crippen molar-refractivity contribution in [3.63, 3.8) is 0 Å². The quantitative estimate of drug-likeness (QED) is 0.164. The van der Waals surface area contributed by atoms with Gasteiger partial charge in [0.1, 0.15) is 0 Å². The van der Waals surface area contributed by atoms with Crippen molar-refractivity contribution in [3.8, 4) is 11.1 Å². The van der Waals surface area contributed by atoms with E-state index in [1.54, 1.807) is 0 Å². The highest BCUT2D eigenvalue weighted by molar-refractivity contribution is 8.05. The Hall–Kier alpha value is -6.08. The molecule has 55 heavy (non-hydrogen) atoms. The Labute approximate surface area is 331 Å². The van der Waals surface area contributed by atoms with Crippen LogP contribution in [0.5, 0.6) is 0 Å². The topological polar surface area (TPSA) is 18.5 Å². The number of aryl methyl sites for hydroxylation is 1. The van der Waals surface area contributed by atoms with Crippen molar-refractivity contribution >= 4 is 87.2 Å². The fraction of sp³-hybridized carbons (Fsp3) is 0.0204. The summed E-state index contributed by atoms with van der Waals surface area (Å²) >= 11 is 3.73. The van der Waals surface area contributed by atoms with Gasteiger partial charge in [0.25, 0.3) is 0 Å². The van der Waals surface area contributed by atoms with Crippen molar-refractivity contribution in [2.45, 2.75) is 26.5 Å². The normalized spacial score (nSPS) is 12.4. The van der Waals surface area contributed by atoms with Gasteiger partial charge in [-0.25, -0.2) is 0 Å². The second kappa shape index (κ2) is 14.3. The first kappa shape index (κ1) is 33.5. The van der Waals surface area contributed by atoms with E-state index in [9.17, 15) is 0 Å². The molecule has 8 aromatic carbocycles. The molecule has 0 spiro atoms. The summed E-state index contributed by atoms with van der Waals surface area (Å²) in [7, 11) is 0.812. The van der Waals surface area contributed by atoms with Gasteiger partial charge in [0, 0.05) is 70.6 Å². The van der Waals surface area contributed by atoms with Crippen LogP contribution in [-0.4, -0.2) is 7.28 Å². The molecule has 0 aliphatic carbocycles. The number of hydrogen-bond donors (Lipinski definition) is 1. The van der Waals surface area contributed by atoms with Crippen LogP contribution in [0.4, 0.5) is 45.5 Å². The molecule has 0 saturated heterocycles.